The number of nitrogens with zero attached hydrogens (tertiary/aromatic N) is 3. The van der Waals surface area contributed by atoms with Crippen LogP contribution in [0.4, 0.5) is 5.69 Å². The number of carbonyl (C=O) groups is 2. The van der Waals surface area contributed by atoms with E-state index in [-0.39, 0.29) is 18.4 Å². The first-order valence-corrected chi connectivity index (χ1v) is 8.44. The molecule has 1 aromatic carbocycles. The lowest BCUT2D eigenvalue weighted by atomic mass is 10.1. The summed E-state index contributed by atoms with van der Waals surface area (Å²) in [5.41, 5.74) is 3.62. The lowest BCUT2D eigenvalue weighted by Gasteiger charge is -2.17. The van der Waals surface area contributed by atoms with Gasteiger partial charge in [0.05, 0.1) is 22.9 Å². The quantitative estimate of drug-likeness (QED) is 0.859. The average molecular weight is 363 g/mol. The molecule has 1 heterocycles. The van der Waals surface area contributed by atoms with Gasteiger partial charge >= 0.3 is 0 Å². The molecule has 0 radical (unpaired) electrons. The van der Waals surface area contributed by atoms with Gasteiger partial charge in [-0.05, 0) is 38.0 Å². The summed E-state index contributed by atoms with van der Waals surface area (Å²) in [5, 5.41) is 7.53. The van der Waals surface area contributed by atoms with Crippen molar-refractivity contribution in [1.82, 2.24) is 14.7 Å². The SMILES string of the molecule is Cc1nn(C)c(C)c1CCC(=O)N(C)CC(=O)Nc1ccccc1Cl. The molecule has 2 rings (SSSR count). The molecular formula is C18H23ClN4O2. The van der Waals surface area contributed by atoms with E-state index in [4.69, 9.17) is 11.6 Å². The van der Waals surface area contributed by atoms with Gasteiger partial charge in [0.2, 0.25) is 11.8 Å². The van der Waals surface area contributed by atoms with E-state index < -0.39 is 0 Å². The number of aromatic nitrogens is 2. The van der Waals surface area contributed by atoms with Crippen molar-refractivity contribution in [2.75, 3.05) is 18.9 Å². The average Bonchev–Trinajstić information content (AvgIpc) is 2.80. The normalized spacial score (nSPS) is 10.6. The maximum absolute atomic E-state index is 12.3. The van der Waals surface area contributed by atoms with Crippen LogP contribution in [-0.2, 0) is 23.1 Å². The summed E-state index contributed by atoms with van der Waals surface area (Å²) in [7, 11) is 3.51. The van der Waals surface area contributed by atoms with E-state index in [2.05, 4.69) is 10.4 Å². The van der Waals surface area contributed by atoms with E-state index in [1.54, 1.807) is 31.3 Å². The third-order valence-corrected chi connectivity index (χ3v) is 4.53. The predicted molar refractivity (Wildman–Crippen MR) is 98.7 cm³/mol. The van der Waals surface area contributed by atoms with Gasteiger partial charge in [-0.15, -0.1) is 0 Å². The second kappa shape index (κ2) is 8.16. The van der Waals surface area contributed by atoms with Gasteiger partial charge < -0.3 is 10.2 Å². The fourth-order valence-corrected chi connectivity index (χ4v) is 2.84. The van der Waals surface area contributed by atoms with Crippen LogP contribution in [0.3, 0.4) is 0 Å². The molecular weight excluding hydrogens is 340 g/mol. The molecule has 0 unspecified atom stereocenters. The Labute approximate surface area is 152 Å². The van der Waals surface area contributed by atoms with Crippen molar-refractivity contribution in [2.45, 2.75) is 26.7 Å². The first-order chi connectivity index (χ1) is 11.8. The van der Waals surface area contributed by atoms with Crippen molar-refractivity contribution in [3.8, 4) is 0 Å². The fourth-order valence-electron chi connectivity index (χ4n) is 2.66. The Balaban J connectivity index is 1.87. The topological polar surface area (TPSA) is 67.2 Å². The van der Waals surface area contributed by atoms with Crippen LogP contribution in [0.25, 0.3) is 0 Å². The number of para-hydroxylation sites is 1. The van der Waals surface area contributed by atoms with Gasteiger partial charge in [-0.25, -0.2) is 0 Å². The van der Waals surface area contributed by atoms with E-state index in [0.717, 1.165) is 17.0 Å². The molecule has 0 saturated carbocycles. The number of carbonyl (C=O) groups excluding carboxylic acids is 2. The van der Waals surface area contributed by atoms with Crippen LogP contribution < -0.4 is 5.32 Å². The van der Waals surface area contributed by atoms with Crippen LogP contribution in [0.1, 0.15) is 23.4 Å². The highest BCUT2D eigenvalue weighted by molar-refractivity contribution is 6.33. The number of anilines is 1. The van der Waals surface area contributed by atoms with Crippen molar-refractivity contribution in [1.29, 1.82) is 0 Å². The highest BCUT2D eigenvalue weighted by Gasteiger charge is 2.16. The second-order valence-electron chi connectivity index (χ2n) is 6.05. The van der Waals surface area contributed by atoms with Crippen LogP contribution in [0, 0.1) is 13.8 Å². The molecule has 0 saturated heterocycles. The van der Waals surface area contributed by atoms with Crippen LogP contribution in [0.15, 0.2) is 24.3 Å². The Kier molecular flexibility index (Phi) is 6.20. The number of amides is 2. The summed E-state index contributed by atoms with van der Waals surface area (Å²) in [4.78, 5) is 25.8. The molecule has 1 N–H and O–H groups in total. The summed E-state index contributed by atoms with van der Waals surface area (Å²) in [6.07, 6.45) is 0.948. The minimum Gasteiger partial charge on any atom is -0.336 e. The van der Waals surface area contributed by atoms with Crippen LogP contribution in [0.5, 0.6) is 0 Å². The molecule has 1 aromatic heterocycles. The summed E-state index contributed by atoms with van der Waals surface area (Å²) in [6.45, 7) is 3.91. The third-order valence-electron chi connectivity index (χ3n) is 4.20. The van der Waals surface area contributed by atoms with Crippen molar-refractivity contribution in [3.63, 3.8) is 0 Å². The third kappa shape index (κ3) is 4.82. The molecule has 2 amide bonds. The van der Waals surface area contributed by atoms with E-state index in [1.165, 1.54) is 4.90 Å². The Morgan fingerprint density at radius 3 is 2.56 bits per heavy atom. The van der Waals surface area contributed by atoms with Gasteiger partial charge in [-0.2, -0.15) is 5.10 Å². The zero-order valence-electron chi connectivity index (χ0n) is 15.0. The van der Waals surface area contributed by atoms with E-state index in [9.17, 15) is 9.59 Å². The van der Waals surface area contributed by atoms with E-state index >= 15 is 0 Å². The molecule has 0 fully saturated rings. The summed E-state index contributed by atoms with van der Waals surface area (Å²) < 4.78 is 1.82. The zero-order chi connectivity index (χ0) is 18.6. The maximum atomic E-state index is 12.3. The lowest BCUT2D eigenvalue weighted by molar-refractivity contribution is -0.133. The van der Waals surface area contributed by atoms with Gasteiger partial charge in [0, 0.05) is 26.2 Å². The highest BCUT2D eigenvalue weighted by Crippen LogP contribution is 2.20. The number of likely N-dealkylation sites (N-methyl/N-ethyl adjacent to an activating group) is 1. The molecule has 134 valence electrons. The fraction of sp³-hybridized carbons (Fsp3) is 0.389. The molecule has 0 bridgehead atoms. The summed E-state index contributed by atoms with van der Waals surface area (Å²) >= 11 is 6.01. The zero-order valence-corrected chi connectivity index (χ0v) is 15.7. The molecule has 2 aromatic rings. The Hall–Kier alpha value is -2.34. The van der Waals surface area contributed by atoms with Crippen LogP contribution in [-0.4, -0.2) is 40.1 Å². The van der Waals surface area contributed by atoms with E-state index in [1.807, 2.05) is 25.6 Å². The molecule has 0 aliphatic rings. The van der Waals surface area contributed by atoms with Crippen molar-refractivity contribution in [3.05, 3.63) is 46.2 Å². The van der Waals surface area contributed by atoms with Crippen LogP contribution >= 0.6 is 11.6 Å². The number of halogens is 1. The first-order valence-electron chi connectivity index (χ1n) is 8.07. The van der Waals surface area contributed by atoms with Crippen LogP contribution in [0.2, 0.25) is 5.02 Å². The monoisotopic (exact) mass is 362 g/mol. The number of rotatable bonds is 6. The largest absolute Gasteiger partial charge is 0.336 e. The highest BCUT2D eigenvalue weighted by atomic mass is 35.5. The van der Waals surface area contributed by atoms with E-state index in [0.29, 0.717) is 23.6 Å². The van der Waals surface area contributed by atoms with Gasteiger partial charge in [0.25, 0.3) is 0 Å². The van der Waals surface area contributed by atoms with Gasteiger partial charge in [-0.1, -0.05) is 23.7 Å². The maximum Gasteiger partial charge on any atom is 0.244 e. The van der Waals surface area contributed by atoms with Gasteiger partial charge in [-0.3, -0.25) is 14.3 Å². The second-order valence-corrected chi connectivity index (χ2v) is 6.46. The van der Waals surface area contributed by atoms with Crippen molar-refractivity contribution >= 4 is 29.1 Å². The van der Waals surface area contributed by atoms with Crippen molar-refractivity contribution < 1.29 is 9.59 Å². The number of nitrogens with one attached hydrogen (secondary N) is 1. The molecule has 0 atom stereocenters. The van der Waals surface area contributed by atoms with Gasteiger partial charge in [0.1, 0.15) is 0 Å². The lowest BCUT2D eigenvalue weighted by Crippen LogP contribution is -2.35. The molecule has 0 aliphatic carbocycles. The Bertz CT molecular complexity index is 785. The molecule has 25 heavy (non-hydrogen) atoms. The predicted octanol–water partition coefficient (Wildman–Crippen LogP) is 2.72. The molecule has 0 spiro atoms. The molecule has 6 nitrogen and oxygen atoms in total. The summed E-state index contributed by atoms with van der Waals surface area (Å²) in [6, 6.07) is 6.99. The molecule has 7 heteroatoms. The number of benzene rings is 1. The summed E-state index contributed by atoms with van der Waals surface area (Å²) in [5.74, 6) is -0.366. The standard InChI is InChI=1S/C18H23ClN4O2/c1-12-14(13(2)23(4)21-12)9-10-18(25)22(3)11-17(24)20-16-8-6-5-7-15(16)19/h5-8H,9-11H2,1-4H3,(H,20,24). The first kappa shape index (κ1) is 19.0. The smallest absolute Gasteiger partial charge is 0.244 e. The van der Waals surface area contributed by atoms with Crippen molar-refractivity contribution in [2.24, 2.45) is 7.05 Å². The Morgan fingerprint density at radius 2 is 1.96 bits per heavy atom. The minimum absolute atomic E-state index is 0.0188. The van der Waals surface area contributed by atoms with Gasteiger partial charge in [0.15, 0.2) is 0 Å². The minimum atomic E-state index is -0.280. The molecule has 0 aliphatic heterocycles. The number of hydrogen-bond acceptors (Lipinski definition) is 3. The Morgan fingerprint density at radius 1 is 1.28 bits per heavy atom. The number of aryl methyl sites for hydroxylation is 2. The number of hydrogen-bond donors (Lipinski definition) is 1.